The number of aryl methyl sites for hydroxylation is 2. The van der Waals surface area contributed by atoms with Crippen LogP contribution in [-0.2, 0) is 12.8 Å². The second kappa shape index (κ2) is 9.30. The number of aromatic nitrogens is 2. The van der Waals surface area contributed by atoms with Crippen LogP contribution >= 0.6 is 0 Å². The number of fused-ring (bicyclic) bond motifs is 2. The van der Waals surface area contributed by atoms with Gasteiger partial charge in [-0.05, 0) is 99.0 Å². The van der Waals surface area contributed by atoms with Gasteiger partial charge in [0.25, 0.3) is 0 Å². The van der Waals surface area contributed by atoms with Crippen molar-refractivity contribution in [1.29, 1.82) is 0 Å². The Morgan fingerprint density at radius 2 is 2.00 bits per heavy atom. The lowest BCUT2D eigenvalue weighted by Crippen LogP contribution is -2.29. The van der Waals surface area contributed by atoms with E-state index >= 15 is 0 Å². The molecule has 4 rings (SSSR count). The molecule has 1 aromatic heterocycles. The third-order valence-corrected chi connectivity index (χ3v) is 6.75. The van der Waals surface area contributed by atoms with E-state index in [0.717, 1.165) is 49.2 Å². The minimum Gasteiger partial charge on any atom is -0.342 e. The van der Waals surface area contributed by atoms with Crippen molar-refractivity contribution in [2.45, 2.75) is 51.9 Å². The minimum absolute atomic E-state index is 0.0982. The molecule has 2 aromatic carbocycles. The molecule has 3 nitrogen and oxygen atoms in total. The van der Waals surface area contributed by atoms with Crippen LogP contribution in [-0.4, -0.2) is 35.0 Å². The predicted octanol–water partition coefficient (Wildman–Crippen LogP) is 5.96. The smallest absolute Gasteiger partial charge is 0.123 e. The number of hydrogen-bond donors (Lipinski definition) is 1. The zero-order valence-corrected chi connectivity index (χ0v) is 18.5. The molecule has 0 amide bonds. The number of rotatable bonds is 8. The largest absolute Gasteiger partial charge is 0.342 e. The van der Waals surface area contributed by atoms with Crippen LogP contribution in [0.2, 0.25) is 0 Å². The Labute approximate surface area is 179 Å². The van der Waals surface area contributed by atoms with Gasteiger partial charge in [0.05, 0.1) is 11.0 Å². The summed E-state index contributed by atoms with van der Waals surface area (Å²) in [6.45, 7) is 6.82. The standard InChI is InChI=1S/C26H34FN3/c1-18(2)26-19(10-11-20-17-21(27)12-13-22(20)26)14-16-30(3)15-6-9-25-28-23-7-4-5-8-24(23)29-25/h4-5,7-8,12-13,17-19,26H,6,9-11,14-16H2,1-3H3,(H,28,29). The summed E-state index contributed by atoms with van der Waals surface area (Å²) in [7, 11) is 2.23. The topological polar surface area (TPSA) is 31.9 Å². The first-order valence-electron chi connectivity index (χ1n) is 11.4. The number of H-pyrrole nitrogens is 1. The molecule has 0 saturated heterocycles. The van der Waals surface area contributed by atoms with Crippen molar-refractivity contribution in [3.8, 4) is 0 Å². The predicted molar refractivity (Wildman–Crippen MR) is 122 cm³/mol. The van der Waals surface area contributed by atoms with E-state index in [9.17, 15) is 4.39 Å². The lowest BCUT2D eigenvalue weighted by atomic mass is 9.69. The highest BCUT2D eigenvalue weighted by molar-refractivity contribution is 5.74. The number of nitrogens with one attached hydrogen (secondary N) is 1. The van der Waals surface area contributed by atoms with Crippen LogP contribution in [0.25, 0.3) is 11.0 Å². The molecule has 2 atom stereocenters. The molecular weight excluding hydrogens is 373 g/mol. The normalized spacial score (nSPS) is 19.0. The zero-order chi connectivity index (χ0) is 21.1. The summed E-state index contributed by atoms with van der Waals surface area (Å²) in [5.74, 6) is 2.79. The molecule has 2 unspecified atom stereocenters. The highest BCUT2D eigenvalue weighted by Crippen LogP contribution is 2.42. The minimum atomic E-state index is -0.0982. The van der Waals surface area contributed by atoms with Crippen LogP contribution in [0.5, 0.6) is 0 Å². The van der Waals surface area contributed by atoms with Crippen molar-refractivity contribution in [2.75, 3.05) is 20.1 Å². The molecule has 0 aliphatic heterocycles. The molecule has 0 radical (unpaired) electrons. The van der Waals surface area contributed by atoms with E-state index in [4.69, 9.17) is 0 Å². The molecule has 1 heterocycles. The van der Waals surface area contributed by atoms with Gasteiger partial charge >= 0.3 is 0 Å². The molecule has 4 heteroatoms. The van der Waals surface area contributed by atoms with Crippen molar-refractivity contribution in [2.24, 2.45) is 11.8 Å². The Kier molecular flexibility index (Phi) is 6.52. The molecule has 1 aliphatic rings. The van der Waals surface area contributed by atoms with E-state index in [1.54, 1.807) is 12.1 Å². The Bertz CT molecular complexity index is 944. The second-order valence-electron chi connectivity index (χ2n) is 9.31. The molecule has 0 bridgehead atoms. The summed E-state index contributed by atoms with van der Waals surface area (Å²) in [5.41, 5.74) is 4.79. The van der Waals surface area contributed by atoms with Crippen LogP contribution in [0.15, 0.2) is 42.5 Å². The summed E-state index contributed by atoms with van der Waals surface area (Å²) < 4.78 is 13.7. The summed E-state index contributed by atoms with van der Waals surface area (Å²) in [6.07, 6.45) is 5.48. The van der Waals surface area contributed by atoms with Crippen molar-refractivity contribution in [3.63, 3.8) is 0 Å². The SMILES string of the molecule is CC(C)C1c2ccc(F)cc2CCC1CCN(C)CCCc1nc2ccccc2[nH]1. The summed E-state index contributed by atoms with van der Waals surface area (Å²) in [4.78, 5) is 10.6. The van der Waals surface area contributed by atoms with E-state index < -0.39 is 0 Å². The maximum Gasteiger partial charge on any atom is 0.123 e. The Morgan fingerprint density at radius 1 is 1.17 bits per heavy atom. The quantitative estimate of drug-likeness (QED) is 0.500. The first kappa shape index (κ1) is 21.0. The van der Waals surface area contributed by atoms with Gasteiger partial charge in [0, 0.05) is 6.42 Å². The fraction of sp³-hybridized carbons (Fsp3) is 0.500. The maximum atomic E-state index is 13.7. The first-order chi connectivity index (χ1) is 14.5. The highest BCUT2D eigenvalue weighted by atomic mass is 19.1. The lowest BCUT2D eigenvalue weighted by Gasteiger charge is -2.37. The van der Waals surface area contributed by atoms with Gasteiger partial charge in [-0.2, -0.15) is 0 Å². The van der Waals surface area contributed by atoms with Crippen LogP contribution in [0, 0.1) is 17.7 Å². The van der Waals surface area contributed by atoms with Gasteiger partial charge in [-0.25, -0.2) is 9.37 Å². The van der Waals surface area contributed by atoms with Crippen LogP contribution in [0.4, 0.5) is 4.39 Å². The fourth-order valence-electron chi connectivity index (χ4n) is 5.26. The first-order valence-corrected chi connectivity index (χ1v) is 11.4. The van der Waals surface area contributed by atoms with E-state index in [1.807, 2.05) is 18.2 Å². The van der Waals surface area contributed by atoms with E-state index in [-0.39, 0.29) is 5.82 Å². The Morgan fingerprint density at radius 3 is 2.80 bits per heavy atom. The molecule has 1 N–H and O–H groups in total. The van der Waals surface area contributed by atoms with Gasteiger partial charge in [-0.1, -0.05) is 32.0 Å². The second-order valence-corrected chi connectivity index (χ2v) is 9.31. The number of nitrogens with zero attached hydrogens (tertiary/aromatic N) is 2. The molecule has 0 fully saturated rings. The molecule has 1 aliphatic carbocycles. The molecular formula is C26H34FN3. The van der Waals surface area contributed by atoms with Gasteiger partial charge in [0.1, 0.15) is 11.6 Å². The van der Waals surface area contributed by atoms with Crippen LogP contribution in [0.1, 0.15) is 56.0 Å². The number of imidazole rings is 1. The van der Waals surface area contributed by atoms with Gasteiger partial charge in [-0.15, -0.1) is 0 Å². The average Bonchev–Trinajstić information content (AvgIpc) is 3.14. The molecule has 0 spiro atoms. The lowest BCUT2D eigenvalue weighted by molar-refractivity contribution is 0.238. The Hall–Kier alpha value is -2.20. The van der Waals surface area contributed by atoms with Gasteiger partial charge < -0.3 is 9.88 Å². The van der Waals surface area contributed by atoms with Gasteiger partial charge in [-0.3, -0.25) is 0 Å². The van der Waals surface area contributed by atoms with E-state index in [2.05, 4.69) is 47.9 Å². The van der Waals surface area contributed by atoms with Gasteiger partial charge in [0.2, 0.25) is 0 Å². The summed E-state index contributed by atoms with van der Waals surface area (Å²) in [5, 5.41) is 0. The molecule has 0 saturated carbocycles. The number of halogens is 1. The number of aromatic amines is 1. The molecule has 30 heavy (non-hydrogen) atoms. The average molecular weight is 408 g/mol. The summed E-state index contributed by atoms with van der Waals surface area (Å²) >= 11 is 0. The number of hydrogen-bond acceptors (Lipinski definition) is 2. The number of benzene rings is 2. The highest BCUT2D eigenvalue weighted by Gasteiger charge is 2.31. The van der Waals surface area contributed by atoms with Crippen molar-refractivity contribution in [1.82, 2.24) is 14.9 Å². The monoisotopic (exact) mass is 407 g/mol. The van der Waals surface area contributed by atoms with Crippen LogP contribution in [0.3, 0.4) is 0 Å². The fourth-order valence-corrected chi connectivity index (χ4v) is 5.26. The van der Waals surface area contributed by atoms with Crippen molar-refractivity contribution in [3.05, 3.63) is 65.2 Å². The third-order valence-electron chi connectivity index (χ3n) is 6.75. The van der Waals surface area contributed by atoms with E-state index in [0.29, 0.717) is 17.8 Å². The maximum absolute atomic E-state index is 13.7. The third kappa shape index (κ3) is 4.75. The van der Waals surface area contributed by atoms with E-state index in [1.165, 1.54) is 24.0 Å². The molecule has 3 aromatic rings. The zero-order valence-electron chi connectivity index (χ0n) is 18.5. The Balaban J connectivity index is 1.28. The van der Waals surface area contributed by atoms with Crippen molar-refractivity contribution >= 4 is 11.0 Å². The molecule has 160 valence electrons. The van der Waals surface area contributed by atoms with Gasteiger partial charge in [0.15, 0.2) is 0 Å². The van der Waals surface area contributed by atoms with Crippen LogP contribution < -0.4 is 0 Å². The van der Waals surface area contributed by atoms with Crippen molar-refractivity contribution < 1.29 is 4.39 Å². The number of para-hydroxylation sites is 2. The summed E-state index contributed by atoms with van der Waals surface area (Å²) in [6, 6.07) is 13.7.